The molecule has 1 aliphatic carbocycles. The molecule has 1 aromatic heterocycles. The largest absolute Gasteiger partial charge is 0.490 e. The van der Waals surface area contributed by atoms with E-state index in [0.717, 1.165) is 55.4 Å². The third kappa shape index (κ3) is 4.61. The maximum absolute atomic E-state index is 13.0. The molecule has 1 aliphatic heterocycles. The number of benzene rings is 1. The molecule has 1 saturated carbocycles. The van der Waals surface area contributed by atoms with Crippen molar-refractivity contribution in [1.29, 1.82) is 0 Å². The number of hydrogen-bond donors (Lipinski definition) is 1. The van der Waals surface area contributed by atoms with Gasteiger partial charge in [0.05, 0.1) is 0 Å². The summed E-state index contributed by atoms with van der Waals surface area (Å²) in [6.07, 6.45) is 8.41. The first kappa shape index (κ1) is 20.3. The Labute approximate surface area is 174 Å². The molecule has 2 fully saturated rings. The van der Waals surface area contributed by atoms with Gasteiger partial charge in [0.2, 0.25) is 0 Å². The van der Waals surface area contributed by atoms with E-state index < -0.39 is 0 Å². The van der Waals surface area contributed by atoms with Crippen molar-refractivity contribution in [3.05, 3.63) is 30.0 Å². The zero-order valence-electron chi connectivity index (χ0n) is 18.1. The van der Waals surface area contributed by atoms with Crippen LogP contribution >= 0.6 is 0 Å². The number of hydrogen-bond acceptors (Lipinski definition) is 3. The lowest BCUT2D eigenvalue weighted by Gasteiger charge is -2.34. The molecular weight excluding hydrogens is 362 g/mol. The molecule has 5 heteroatoms. The van der Waals surface area contributed by atoms with Gasteiger partial charge < -0.3 is 19.5 Å². The summed E-state index contributed by atoms with van der Waals surface area (Å²) >= 11 is 0. The first-order valence-corrected chi connectivity index (χ1v) is 11.3. The Balaban J connectivity index is 1.42. The van der Waals surface area contributed by atoms with Crippen LogP contribution in [0.15, 0.2) is 24.3 Å². The van der Waals surface area contributed by atoms with Gasteiger partial charge in [-0.1, -0.05) is 19.3 Å². The average molecular weight is 398 g/mol. The first-order chi connectivity index (χ1) is 14.0. The number of carbonyl (C=O) groups is 1. The van der Waals surface area contributed by atoms with E-state index in [4.69, 9.17) is 4.74 Å². The lowest BCUT2D eigenvalue weighted by molar-refractivity contribution is 0.0691. The summed E-state index contributed by atoms with van der Waals surface area (Å²) in [4.78, 5) is 20.7. The van der Waals surface area contributed by atoms with Crippen molar-refractivity contribution in [1.82, 2.24) is 14.8 Å². The highest BCUT2D eigenvalue weighted by Gasteiger charge is 2.25. The minimum atomic E-state index is 0.0941. The number of carbonyl (C=O) groups excluding carboxylic acids is 1. The highest BCUT2D eigenvalue weighted by molar-refractivity contribution is 5.98. The van der Waals surface area contributed by atoms with Crippen molar-refractivity contribution < 1.29 is 9.53 Å². The van der Waals surface area contributed by atoms with Gasteiger partial charge in [0, 0.05) is 43.1 Å². The van der Waals surface area contributed by atoms with Crippen LogP contribution < -0.4 is 4.74 Å². The molecular formula is C24H35N3O2. The molecule has 0 radical (unpaired) electrons. The molecule has 2 aromatic rings. The Hall–Kier alpha value is -2.01. The summed E-state index contributed by atoms with van der Waals surface area (Å²) < 4.78 is 6.27. The van der Waals surface area contributed by atoms with Gasteiger partial charge in [-0.25, -0.2) is 0 Å². The SMILES string of the molecule is CC(C)N1CCC(Oc2ccc3[nH]c(C(=O)N(C)C4CCCCC4)cc3c2)CC1. The number of ether oxygens (including phenoxy) is 1. The molecule has 1 amide bonds. The highest BCUT2D eigenvalue weighted by atomic mass is 16.5. The monoisotopic (exact) mass is 397 g/mol. The van der Waals surface area contributed by atoms with Gasteiger partial charge >= 0.3 is 0 Å². The smallest absolute Gasteiger partial charge is 0.270 e. The predicted octanol–water partition coefficient (Wildman–Crippen LogP) is 4.82. The maximum atomic E-state index is 13.0. The standard InChI is InChI=1S/C24H35N3O2/c1-17(2)27-13-11-20(12-14-27)29-21-9-10-22-18(15-21)16-23(25-22)24(28)26(3)19-7-5-4-6-8-19/h9-10,15-17,19-20,25H,4-8,11-14H2,1-3H3. The van der Waals surface area contributed by atoms with Gasteiger partial charge in [0.25, 0.3) is 5.91 Å². The summed E-state index contributed by atoms with van der Waals surface area (Å²) in [6, 6.07) is 9.08. The van der Waals surface area contributed by atoms with Crippen molar-refractivity contribution in [3.63, 3.8) is 0 Å². The number of amides is 1. The average Bonchev–Trinajstić information content (AvgIpc) is 3.17. The van der Waals surface area contributed by atoms with Crippen LogP contribution in [-0.2, 0) is 0 Å². The van der Waals surface area contributed by atoms with Crippen LogP contribution in [0.2, 0.25) is 0 Å². The fourth-order valence-electron chi connectivity index (χ4n) is 4.83. The zero-order valence-corrected chi connectivity index (χ0v) is 18.1. The van der Waals surface area contributed by atoms with Gasteiger partial charge in [-0.05, 0) is 63.8 Å². The molecule has 2 heterocycles. The number of nitrogens with one attached hydrogen (secondary N) is 1. The number of aromatic amines is 1. The van der Waals surface area contributed by atoms with Crippen molar-refractivity contribution in [2.24, 2.45) is 0 Å². The molecule has 0 bridgehead atoms. The second-order valence-corrected chi connectivity index (χ2v) is 9.09. The topological polar surface area (TPSA) is 48.6 Å². The Kier molecular flexibility index (Phi) is 6.14. The van der Waals surface area contributed by atoms with Crippen molar-refractivity contribution in [2.45, 2.75) is 77.0 Å². The van der Waals surface area contributed by atoms with Crippen LogP contribution in [0.25, 0.3) is 10.9 Å². The molecule has 29 heavy (non-hydrogen) atoms. The minimum Gasteiger partial charge on any atom is -0.490 e. The molecule has 2 aliphatic rings. The summed E-state index contributed by atoms with van der Waals surface area (Å²) in [5, 5.41) is 1.04. The second kappa shape index (κ2) is 8.78. The third-order valence-electron chi connectivity index (χ3n) is 6.78. The molecule has 0 unspecified atom stereocenters. The number of piperidine rings is 1. The van der Waals surface area contributed by atoms with Gasteiger partial charge in [-0.3, -0.25) is 4.79 Å². The minimum absolute atomic E-state index is 0.0941. The van der Waals surface area contributed by atoms with E-state index >= 15 is 0 Å². The quantitative estimate of drug-likeness (QED) is 0.786. The Morgan fingerprint density at radius 1 is 1.10 bits per heavy atom. The van der Waals surface area contributed by atoms with E-state index in [2.05, 4.69) is 29.8 Å². The van der Waals surface area contributed by atoms with Crippen molar-refractivity contribution in [3.8, 4) is 5.75 Å². The van der Waals surface area contributed by atoms with Crippen LogP contribution in [0.5, 0.6) is 5.75 Å². The normalized spacial score (nSPS) is 19.7. The van der Waals surface area contributed by atoms with E-state index in [0.29, 0.717) is 17.8 Å². The number of fused-ring (bicyclic) bond motifs is 1. The summed E-state index contributed by atoms with van der Waals surface area (Å²) in [5.74, 6) is 0.996. The van der Waals surface area contributed by atoms with Gasteiger partial charge in [0.1, 0.15) is 17.5 Å². The van der Waals surface area contributed by atoms with Crippen LogP contribution in [0.1, 0.15) is 69.3 Å². The second-order valence-electron chi connectivity index (χ2n) is 9.09. The Bertz CT molecular complexity index is 830. The number of rotatable bonds is 5. The van der Waals surface area contributed by atoms with Crippen molar-refractivity contribution >= 4 is 16.8 Å². The fourth-order valence-corrected chi connectivity index (χ4v) is 4.83. The molecule has 0 spiro atoms. The Morgan fingerprint density at radius 3 is 2.52 bits per heavy atom. The first-order valence-electron chi connectivity index (χ1n) is 11.3. The number of likely N-dealkylation sites (tertiary alicyclic amines) is 1. The van der Waals surface area contributed by atoms with Gasteiger partial charge in [-0.15, -0.1) is 0 Å². The van der Waals surface area contributed by atoms with Crippen LogP contribution in [0.4, 0.5) is 0 Å². The number of nitrogens with zero attached hydrogens (tertiary/aromatic N) is 2. The third-order valence-corrected chi connectivity index (χ3v) is 6.78. The Morgan fingerprint density at radius 2 is 1.83 bits per heavy atom. The zero-order chi connectivity index (χ0) is 20.4. The summed E-state index contributed by atoms with van der Waals surface area (Å²) in [7, 11) is 1.95. The molecule has 5 nitrogen and oxygen atoms in total. The van der Waals surface area contributed by atoms with Crippen LogP contribution in [0.3, 0.4) is 0 Å². The van der Waals surface area contributed by atoms with Gasteiger partial charge in [0.15, 0.2) is 0 Å². The van der Waals surface area contributed by atoms with E-state index in [1.54, 1.807) is 0 Å². The van der Waals surface area contributed by atoms with Crippen molar-refractivity contribution in [2.75, 3.05) is 20.1 Å². The molecule has 158 valence electrons. The number of aromatic nitrogens is 1. The number of H-pyrrole nitrogens is 1. The maximum Gasteiger partial charge on any atom is 0.270 e. The molecule has 4 rings (SSSR count). The fraction of sp³-hybridized carbons (Fsp3) is 0.625. The lowest BCUT2D eigenvalue weighted by Crippen LogP contribution is -2.41. The predicted molar refractivity (Wildman–Crippen MR) is 118 cm³/mol. The van der Waals surface area contributed by atoms with E-state index in [9.17, 15) is 4.79 Å². The van der Waals surface area contributed by atoms with Gasteiger partial charge in [-0.2, -0.15) is 0 Å². The lowest BCUT2D eigenvalue weighted by atomic mass is 9.94. The molecule has 1 N–H and O–H groups in total. The molecule has 1 saturated heterocycles. The van der Waals surface area contributed by atoms with Crippen LogP contribution in [0, 0.1) is 0 Å². The van der Waals surface area contributed by atoms with E-state index in [-0.39, 0.29) is 12.0 Å². The summed E-state index contributed by atoms with van der Waals surface area (Å²) in [6.45, 7) is 6.71. The molecule has 0 atom stereocenters. The highest BCUT2D eigenvalue weighted by Crippen LogP contribution is 2.27. The molecule has 1 aromatic carbocycles. The van der Waals surface area contributed by atoms with E-state index in [1.165, 1.54) is 19.3 Å². The van der Waals surface area contributed by atoms with Crippen LogP contribution in [-0.4, -0.2) is 59.0 Å². The van der Waals surface area contributed by atoms with E-state index in [1.807, 2.05) is 30.1 Å². The summed E-state index contributed by atoms with van der Waals surface area (Å²) in [5.41, 5.74) is 1.67.